The van der Waals surface area contributed by atoms with E-state index in [0.29, 0.717) is 12.5 Å². The van der Waals surface area contributed by atoms with Crippen LogP contribution in [0.15, 0.2) is 59.8 Å². The van der Waals surface area contributed by atoms with Crippen LogP contribution in [0.1, 0.15) is 6.92 Å². The van der Waals surface area contributed by atoms with Gasteiger partial charge in [-0.1, -0.05) is 36.4 Å². The van der Waals surface area contributed by atoms with Crippen LogP contribution in [-0.4, -0.2) is 30.6 Å². The zero-order chi connectivity index (χ0) is 22.1. The number of rotatable bonds is 5. The number of sulfonamides is 1. The van der Waals surface area contributed by atoms with E-state index in [1.54, 1.807) is 18.2 Å². The van der Waals surface area contributed by atoms with Gasteiger partial charge in [-0.2, -0.15) is 17.9 Å². The average molecular weight is 440 g/mol. The third kappa shape index (κ3) is 4.41. The molecule has 0 bridgehead atoms. The van der Waals surface area contributed by atoms with Crippen molar-refractivity contribution < 1.29 is 26.0 Å². The van der Waals surface area contributed by atoms with E-state index in [-0.39, 0.29) is 22.6 Å². The summed E-state index contributed by atoms with van der Waals surface area (Å²) in [6, 6.07) is 8.04. The van der Waals surface area contributed by atoms with Crippen molar-refractivity contribution >= 4 is 15.8 Å². The third-order valence-corrected chi connectivity index (χ3v) is 5.82. The molecule has 1 heterocycles. The van der Waals surface area contributed by atoms with Gasteiger partial charge in [0.25, 0.3) is 0 Å². The van der Waals surface area contributed by atoms with Crippen molar-refractivity contribution in [2.24, 2.45) is 0 Å². The zero-order valence-electron chi connectivity index (χ0n) is 15.5. The van der Waals surface area contributed by atoms with Crippen molar-refractivity contribution in [3.63, 3.8) is 0 Å². The van der Waals surface area contributed by atoms with E-state index in [9.17, 15) is 21.6 Å². The number of aromatic nitrogens is 2. The molecule has 0 saturated carbocycles. The lowest BCUT2D eigenvalue weighted by Crippen LogP contribution is -2.43. The van der Waals surface area contributed by atoms with E-state index in [1.807, 2.05) is 0 Å². The highest BCUT2D eigenvalue weighted by molar-refractivity contribution is 7.89. The van der Waals surface area contributed by atoms with Gasteiger partial charge < -0.3 is 5.73 Å². The minimum absolute atomic E-state index is 0.0263. The number of nitrogens with one attached hydrogen (secondary N) is 1. The quantitative estimate of drug-likeness (QED) is 0.589. The van der Waals surface area contributed by atoms with Crippen LogP contribution in [0.25, 0.3) is 22.4 Å². The highest BCUT2D eigenvalue weighted by Crippen LogP contribution is 2.35. The Morgan fingerprint density at radius 3 is 2.20 bits per heavy atom. The molecular formula is C19H16F4N4O2S. The molecule has 0 aliphatic rings. The van der Waals surface area contributed by atoms with Gasteiger partial charge in [-0.15, -0.1) is 0 Å². The molecule has 0 unspecified atom stereocenters. The Labute approximate surface area is 169 Å². The second-order valence-electron chi connectivity index (χ2n) is 6.38. The largest absolute Gasteiger partial charge is 0.404 e. The molecule has 1 aromatic heterocycles. The van der Waals surface area contributed by atoms with Crippen LogP contribution in [0.2, 0.25) is 0 Å². The van der Waals surface area contributed by atoms with Crippen molar-refractivity contribution in [3.05, 3.63) is 60.7 Å². The lowest BCUT2D eigenvalue weighted by atomic mass is 10.0. The summed E-state index contributed by atoms with van der Waals surface area (Å²) in [6.45, 7) is 0.632. The molecule has 0 amide bonds. The minimum Gasteiger partial charge on any atom is -0.382 e. The van der Waals surface area contributed by atoms with Crippen molar-refractivity contribution in [1.82, 2.24) is 14.7 Å². The third-order valence-electron chi connectivity index (χ3n) is 4.22. The number of hydrogen-bond donors (Lipinski definition) is 2. The number of halogens is 4. The molecule has 0 aliphatic heterocycles. The van der Waals surface area contributed by atoms with Crippen LogP contribution >= 0.6 is 0 Å². The standard InChI is InChI=1S/C19H16F4N4O2S/c1-11(19(21,22)23)27-30(28,29)18-13(12-5-3-2-4-6-12)7-8-14(17(18)20)15-9-26-16(24)10-25-15/h2-11,27H,1H3,(H2,24,26)/t11-/m0/s1. The number of alkyl halides is 3. The van der Waals surface area contributed by atoms with E-state index in [1.165, 1.54) is 29.0 Å². The Morgan fingerprint density at radius 2 is 1.63 bits per heavy atom. The van der Waals surface area contributed by atoms with Crippen LogP contribution in [-0.2, 0) is 10.0 Å². The average Bonchev–Trinajstić information content (AvgIpc) is 2.68. The number of nitrogens with two attached hydrogens (primary N) is 1. The van der Waals surface area contributed by atoms with E-state index >= 15 is 4.39 Å². The molecule has 6 nitrogen and oxygen atoms in total. The van der Waals surface area contributed by atoms with E-state index in [2.05, 4.69) is 9.97 Å². The van der Waals surface area contributed by atoms with Crippen molar-refractivity contribution in [2.45, 2.75) is 24.0 Å². The number of nitrogens with zero attached hydrogens (tertiary/aromatic N) is 2. The number of nitrogen functional groups attached to an aromatic ring is 1. The lowest BCUT2D eigenvalue weighted by Gasteiger charge is -2.20. The summed E-state index contributed by atoms with van der Waals surface area (Å²) >= 11 is 0. The van der Waals surface area contributed by atoms with Crippen LogP contribution in [0.4, 0.5) is 23.4 Å². The van der Waals surface area contributed by atoms with Gasteiger partial charge in [-0.3, -0.25) is 4.98 Å². The normalized spacial score (nSPS) is 13.2. The molecule has 0 saturated heterocycles. The van der Waals surface area contributed by atoms with Crippen molar-refractivity contribution in [3.8, 4) is 22.4 Å². The van der Waals surface area contributed by atoms with Gasteiger partial charge in [-0.25, -0.2) is 17.8 Å². The van der Waals surface area contributed by atoms with Gasteiger partial charge in [0.15, 0.2) is 5.82 Å². The van der Waals surface area contributed by atoms with Gasteiger partial charge >= 0.3 is 6.18 Å². The predicted octanol–water partition coefficient (Wildman–Crippen LogP) is 3.76. The molecule has 0 radical (unpaired) electrons. The Bertz CT molecular complexity index is 1150. The molecule has 3 N–H and O–H groups in total. The maximum absolute atomic E-state index is 15.4. The summed E-state index contributed by atoms with van der Waals surface area (Å²) in [4.78, 5) is 6.78. The molecule has 3 aromatic rings. The van der Waals surface area contributed by atoms with Gasteiger partial charge in [-0.05, 0) is 18.6 Å². The Balaban J connectivity index is 2.23. The van der Waals surface area contributed by atoms with Crippen molar-refractivity contribution in [1.29, 1.82) is 0 Å². The molecule has 1 atom stereocenters. The maximum atomic E-state index is 15.4. The second-order valence-corrected chi connectivity index (χ2v) is 8.03. The van der Waals surface area contributed by atoms with Crippen LogP contribution in [0.5, 0.6) is 0 Å². The second kappa shape index (κ2) is 8.00. The fourth-order valence-electron chi connectivity index (χ4n) is 2.70. The summed E-state index contributed by atoms with van der Waals surface area (Å²) in [5.74, 6) is -1.19. The van der Waals surface area contributed by atoms with Crippen LogP contribution in [0, 0.1) is 5.82 Å². The Morgan fingerprint density at radius 1 is 1.00 bits per heavy atom. The van der Waals surface area contributed by atoms with E-state index in [0.717, 1.165) is 12.4 Å². The summed E-state index contributed by atoms with van der Waals surface area (Å²) in [5.41, 5.74) is 5.40. The highest BCUT2D eigenvalue weighted by atomic mass is 32.2. The van der Waals surface area contributed by atoms with Crippen LogP contribution in [0.3, 0.4) is 0 Å². The molecule has 0 fully saturated rings. The molecule has 2 aromatic carbocycles. The fraction of sp³-hybridized carbons (Fsp3) is 0.158. The zero-order valence-corrected chi connectivity index (χ0v) is 16.3. The number of anilines is 1. The summed E-state index contributed by atoms with van der Waals surface area (Å²) in [6.07, 6.45) is -2.56. The molecule has 0 spiro atoms. The highest BCUT2D eigenvalue weighted by Gasteiger charge is 2.40. The SMILES string of the molecule is C[C@H](NS(=O)(=O)c1c(-c2ccccc2)ccc(-c2cnc(N)cn2)c1F)C(F)(F)F. The van der Waals surface area contributed by atoms with E-state index in [4.69, 9.17) is 5.73 Å². The Hall–Kier alpha value is -3.05. The summed E-state index contributed by atoms with van der Waals surface area (Å²) in [5, 5.41) is 0. The first-order valence-electron chi connectivity index (χ1n) is 8.55. The number of hydrogen-bond acceptors (Lipinski definition) is 5. The number of benzene rings is 2. The van der Waals surface area contributed by atoms with Crippen LogP contribution < -0.4 is 10.5 Å². The monoisotopic (exact) mass is 440 g/mol. The van der Waals surface area contributed by atoms with Gasteiger partial charge in [0.1, 0.15) is 16.8 Å². The topological polar surface area (TPSA) is 98.0 Å². The molecule has 11 heteroatoms. The van der Waals surface area contributed by atoms with Gasteiger partial charge in [0, 0.05) is 11.1 Å². The molecule has 0 aliphatic carbocycles. The van der Waals surface area contributed by atoms with Gasteiger partial charge in [0.2, 0.25) is 10.0 Å². The predicted molar refractivity (Wildman–Crippen MR) is 103 cm³/mol. The molecular weight excluding hydrogens is 424 g/mol. The lowest BCUT2D eigenvalue weighted by molar-refractivity contribution is -0.147. The fourth-order valence-corrected chi connectivity index (χ4v) is 4.24. The first-order valence-corrected chi connectivity index (χ1v) is 10.0. The molecule has 158 valence electrons. The Kier molecular flexibility index (Phi) is 5.77. The van der Waals surface area contributed by atoms with Gasteiger partial charge in [0.05, 0.1) is 18.1 Å². The summed E-state index contributed by atoms with van der Waals surface area (Å²) in [7, 11) is -4.91. The molecule has 30 heavy (non-hydrogen) atoms. The smallest absolute Gasteiger partial charge is 0.382 e. The summed E-state index contributed by atoms with van der Waals surface area (Å²) < 4.78 is 81.5. The first-order chi connectivity index (χ1) is 14.0. The molecule has 3 rings (SSSR count). The maximum Gasteiger partial charge on any atom is 0.404 e. The van der Waals surface area contributed by atoms with E-state index < -0.39 is 33.0 Å². The first kappa shape index (κ1) is 21.7. The minimum atomic E-state index is -4.91. The van der Waals surface area contributed by atoms with Crippen molar-refractivity contribution in [2.75, 3.05) is 5.73 Å².